The number of Topliss-reactive ketones (excluding diaryl/α,β-unsaturated/α-hetero) is 1. The Morgan fingerprint density at radius 2 is 2.25 bits per heavy atom. The van der Waals surface area contributed by atoms with Crippen LogP contribution in [0.15, 0.2) is 29.6 Å². The lowest BCUT2D eigenvalue weighted by Gasteiger charge is -2.07. The molecule has 0 radical (unpaired) electrons. The molecule has 1 aromatic heterocycles. The summed E-state index contributed by atoms with van der Waals surface area (Å²) in [6, 6.07) is 8.13. The molecule has 1 saturated heterocycles. The Bertz CT molecular complexity index is 523. The molecule has 1 fully saturated rings. The van der Waals surface area contributed by atoms with Gasteiger partial charge in [0.05, 0.1) is 0 Å². The highest BCUT2D eigenvalue weighted by Crippen LogP contribution is 2.31. The molecule has 3 heteroatoms. The van der Waals surface area contributed by atoms with Gasteiger partial charge in [-0.25, -0.2) is 0 Å². The molecular weight excluding hydrogens is 236 g/mol. The average Bonchev–Trinajstić information content (AvgIpc) is 2.98. The van der Waals surface area contributed by atoms with Gasteiger partial charge in [-0.15, -0.1) is 11.3 Å². The minimum Gasteiger partial charge on any atom is -0.294 e. The number of rotatable bonds is 2. The highest BCUT2D eigenvalue weighted by atomic mass is 32.2. The van der Waals surface area contributed by atoms with E-state index in [-0.39, 0.29) is 5.92 Å². The van der Waals surface area contributed by atoms with Crippen LogP contribution < -0.4 is 0 Å². The molecule has 1 aliphatic rings. The second kappa shape index (κ2) is 4.22. The van der Waals surface area contributed by atoms with Crippen LogP contribution in [0.5, 0.6) is 0 Å². The van der Waals surface area contributed by atoms with Gasteiger partial charge >= 0.3 is 0 Å². The van der Waals surface area contributed by atoms with Gasteiger partial charge < -0.3 is 0 Å². The molecule has 0 bridgehead atoms. The van der Waals surface area contributed by atoms with Crippen LogP contribution in [-0.4, -0.2) is 17.3 Å². The molecule has 0 saturated carbocycles. The molecular formula is C13H12OS2. The Balaban J connectivity index is 2.04. The largest absolute Gasteiger partial charge is 0.294 e. The summed E-state index contributed by atoms with van der Waals surface area (Å²) in [6.45, 7) is 0. The molecule has 0 N–H and O–H groups in total. The minimum absolute atomic E-state index is 0.248. The first-order chi connectivity index (χ1) is 7.86. The van der Waals surface area contributed by atoms with E-state index in [0.29, 0.717) is 5.78 Å². The summed E-state index contributed by atoms with van der Waals surface area (Å²) < 4.78 is 1.16. The van der Waals surface area contributed by atoms with E-state index >= 15 is 0 Å². The molecule has 1 nitrogen and oxygen atoms in total. The lowest BCUT2D eigenvalue weighted by Crippen LogP contribution is -2.13. The van der Waals surface area contributed by atoms with E-state index in [1.54, 1.807) is 11.3 Å². The number of fused-ring (bicyclic) bond motifs is 1. The molecule has 1 unspecified atom stereocenters. The summed E-state index contributed by atoms with van der Waals surface area (Å²) >= 11 is 3.57. The van der Waals surface area contributed by atoms with Gasteiger partial charge in [-0.2, -0.15) is 11.8 Å². The number of carbonyl (C=O) groups excluding carboxylic acids is 1. The normalized spacial score (nSPS) is 20.4. The molecule has 3 rings (SSSR count). The van der Waals surface area contributed by atoms with E-state index in [0.717, 1.165) is 28.2 Å². The molecule has 1 aliphatic heterocycles. The van der Waals surface area contributed by atoms with Crippen LogP contribution in [-0.2, 0) is 0 Å². The predicted octanol–water partition coefficient (Wildman–Crippen LogP) is 3.84. The van der Waals surface area contributed by atoms with Crippen LogP contribution in [0.4, 0.5) is 0 Å². The van der Waals surface area contributed by atoms with Crippen molar-refractivity contribution in [3.05, 3.63) is 35.2 Å². The maximum atomic E-state index is 12.4. The predicted molar refractivity (Wildman–Crippen MR) is 71.6 cm³/mol. The first-order valence-corrected chi connectivity index (χ1v) is 7.48. The van der Waals surface area contributed by atoms with E-state index < -0.39 is 0 Å². The number of thiophene rings is 1. The Kier molecular flexibility index (Phi) is 2.74. The third-order valence-electron chi connectivity index (χ3n) is 3.04. The van der Waals surface area contributed by atoms with Crippen molar-refractivity contribution in [1.82, 2.24) is 0 Å². The second-order valence-electron chi connectivity index (χ2n) is 4.07. The van der Waals surface area contributed by atoms with Crippen molar-refractivity contribution >= 4 is 39.0 Å². The zero-order chi connectivity index (χ0) is 11.0. The molecule has 0 aliphatic carbocycles. The smallest absolute Gasteiger partial charge is 0.168 e. The summed E-state index contributed by atoms with van der Waals surface area (Å²) in [5.74, 6) is 2.73. The number of carbonyl (C=O) groups is 1. The van der Waals surface area contributed by atoms with Gasteiger partial charge in [-0.1, -0.05) is 12.1 Å². The van der Waals surface area contributed by atoms with E-state index in [2.05, 4.69) is 17.5 Å². The van der Waals surface area contributed by atoms with Gasteiger partial charge in [0.1, 0.15) is 0 Å². The number of benzene rings is 1. The number of thioether (sulfide) groups is 1. The van der Waals surface area contributed by atoms with Crippen molar-refractivity contribution in [1.29, 1.82) is 0 Å². The molecule has 0 spiro atoms. The summed E-state index contributed by atoms with van der Waals surface area (Å²) in [5.41, 5.74) is 0.931. The third kappa shape index (κ3) is 1.68. The Morgan fingerprint density at radius 3 is 3.06 bits per heavy atom. The van der Waals surface area contributed by atoms with Gasteiger partial charge in [-0.05, 0) is 35.1 Å². The lowest BCUT2D eigenvalue weighted by molar-refractivity contribution is 0.0935. The molecule has 16 heavy (non-hydrogen) atoms. The fourth-order valence-electron chi connectivity index (χ4n) is 2.15. The topological polar surface area (TPSA) is 17.1 Å². The van der Waals surface area contributed by atoms with Gasteiger partial charge in [0.25, 0.3) is 0 Å². The fourth-order valence-corrected chi connectivity index (χ4v) is 4.29. The van der Waals surface area contributed by atoms with Crippen molar-refractivity contribution in [3.63, 3.8) is 0 Å². The van der Waals surface area contributed by atoms with Gasteiger partial charge in [-0.3, -0.25) is 4.79 Å². The highest BCUT2D eigenvalue weighted by molar-refractivity contribution is 7.99. The Labute approximate surface area is 103 Å². The molecule has 1 aromatic carbocycles. The number of ketones is 1. The zero-order valence-electron chi connectivity index (χ0n) is 8.81. The van der Waals surface area contributed by atoms with E-state index in [4.69, 9.17) is 0 Å². The molecule has 2 aromatic rings. The van der Waals surface area contributed by atoms with Crippen molar-refractivity contribution < 1.29 is 4.79 Å². The van der Waals surface area contributed by atoms with Crippen LogP contribution in [0.3, 0.4) is 0 Å². The van der Waals surface area contributed by atoms with Crippen LogP contribution in [0, 0.1) is 5.92 Å². The summed E-state index contributed by atoms with van der Waals surface area (Å²) in [6.07, 6.45) is 1.05. The Hall–Kier alpha value is -0.800. The van der Waals surface area contributed by atoms with E-state index in [1.165, 1.54) is 5.39 Å². The van der Waals surface area contributed by atoms with Gasteiger partial charge in [0, 0.05) is 21.9 Å². The number of hydrogen-bond donors (Lipinski definition) is 0. The van der Waals surface area contributed by atoms with Crippen LogP contribution in [0.1, 0.15) is 16.8 Å². The standard InChI is InChI=1S/C13H12OS2/c14-12(10-4-6-15-8-10)11-3-1-2-9-5-7-16-13(9)11/h1-3,5,7,10H,4,6,8H2. The molecule has 1 atom stereocenters. The maximum Gasteiger partial charge on any atom is 0.168 e. The van der Waals surface area contributed by atoms with E-state index in [9.17, 15) is 4.79 Å². The second-order valence-corrected chi connectivity index (χ2v) is 6.14. The summed E-state index contributed by atoms with van der Waals surface area (Å²) in [5, 5.41) is 3.26. The quantitative estimate of drug-likeness (QED) is 0.751. The minimum atomic E-state index is 0.248. The van der Waals surface area contributed by atoms with Crippen LogP contribution in [0.25, 0.3) is 10.1 Å². The summed E-state index contributed by atoms with van der Waals surface area (Å²) in [4.78, 5) is 12.4. The Morgan fingerprint density at radius 1 is 1.31 bits per heavy atom. The third-order valence-corrected chi connectivity index (χ3v) is 5.17. The van der Waals surface area contributed by atoms with E-state index in [1.807, 2.05) is 23.9 Å². The fraction of sp³-hybridized carbons (Fsp3) is 0.308. The van der Waals surface area contributed by atoms with Crippen molar-refractivity contribution in [2.75, 3.05) is 11.5 Å². The first kappa shape index (κ1) is 10.4. The lowest BCUT2D eigenvalue weighted by atomic mass is 9.96. The molecule has 82 valence electrons. The number of hydrogen-bond acceptors (Lipinski definition) is 3. The maximum absolute atomic E-state index is 12.4. The monoisotopic (exact) mass is 248 g/mol. The van der Waals surface area contributed by atoms with Crippen molar-refractivity contribution in [2.24, 2.45) is 5.92 Å². The highest BCUT2D eigenvalue weighted by Gasteiger charge is 2.25. The van der Waals surface area contributed by atoms with Crippen LogP contribution >= 0.6 is 23.1 Å². The van der Waals surface area contributed by atoms with Gasteiger partial charge in [0.15, 0.2) is 5.78 Å². The average molecular weight is 248 g/mol. The molecule has 2 heterocycles. The SMILES string of the molecule is O=C(c1cccc2ccsc12)C1CCSC1. The van der Waals surface area contributed by atoms with Crippen LogP contribution in [0.2, 0.25) is 0 Å². The van der Waals surface area contributed by atoms with Gasteiger partial charge in [0.2, 0.25) is 0 Å². The van der Waals surface area contributed by atoms with Crippen molar-refractivity contribution in [2.45, 2.75) is 6.42 Å². The molecule has 0 amide bonds. The first-order valence-electron chi connectivity index (χ1n) is 5.44. The summed E-state index contributed by atoms with van der Waals surface area (Å²) in [7, 11) is 0. The van der Waals surface area contributed by atoms with Crippen molar-refractivity contribution in [3.8, 4) is 0 Å². The zero-order valence-corrected chi connectivity index (χ0v) is 10.4.